The summed E-state index contributed by atoms with van der Waals surface area (Å²) >= 11 is 7.05. The summed E-state index contributed by atoms with van der Waals surface area (Å²) in [4.78, 5) is 20.9. The monoisotopic (exact) mass is 531 g/mol. The van der Waals surface area contributed by atoms with Crippen LogP contribution >= 0.6 is 23.6 Å². The van der Waals surface area contributed by atoms with Crippen LogP contribution < -0.4 is 5.32 Å². The topological polar surface area (TPSA) is 45.2 Å². The highest BCUT2D eigenvalue weighted by atomic mass is 32.1. The van der Waals surface area contributed by atoms with Gasteiger partial charge in [-0.15, -0.1) is 11.3 Å². The van der Waals surface area contributed by atoms with Crippen molar-refractivity contribution in [1.82, 2.24) is 9.88 Å². The van der Waals surface area contributed by atoms with Crippen molar-refractivity contribution in [2.45, 2.75) is 51.1 Å². The highest BCUT2D eigenvalue weighted by Crippen LogP contribution is 2.35. The van der Waals surface area contributed by atoms with Gasteiger partial charge in [-0.25, -0.2) is 4.98 Å². The number of carbonyl (C=O) groups is 1. The molecule has 2 aromatic carbocycles. The number of likely N-dealkylation sites (tertiary alicyclic amines) is 1. The first-order chi connectivity index (χ1) is 17.3. The second-order valence-electron chi connectivity index (χ2n) is 8.91. The lowest BCUT2D eigenvalue weighted by Gasteiger charge is -2.33. The van der Waals surface area contributed by atoms with E-state index in [2.05, 4.69) is 22.1 Å². The predicted octanol–water partition coefficient (Wildman–Crippen LogP) is 7.78. The minimum absolute atomic E-state index is 0.291. The number of alkyl halides is 3. The normalized spacial score (nSPS) is 14.6. The zero-order valence-electron chi connectivity index (χ0n) is 20.0. The van der Waals surface area contributed by atoms with E-state index in [0.29, 0.717) is 28.4 Å². The van der Waals surface area contributed by atoms with E-state index in [-0.39, 0.29) is 5.91 Å². The molecule has 2 heterocycles. The fourth-order valence-corrected chi connectivity index (χ4v) is 5.63. The molecule has 0 unspecified atom stereocenters. The van der Waals surface area contributed by atoms with Gasteiger partial charge in [-0.3, -0.25) is 4.79 Å². The predicted molar refractivity (Wildman–Crippen MR) is 143 cm³/mol. The molecule has 1 N–H and O–H groups in total. The van der Waals surface area contributed by atoms with Crippen molar-refractivity contribution in [1.29, 1.82) is 0 Å². The maximum atomic E-state index is 13.2. The Kier molecular flexibility index (Phi) is 8.41. The molecule has 0 spiro atoms. The molecular formula is C27H28F3N3OS2. The quantitative estimate of drug-likeness (QED) is 0.316. The van der Waals surface area contributed by atoms with Gasteiger partial charge in [0, 0.05) is 35.6 Å². The van der Waals surface area contributed by atoms with E-state index in [1.54, 1.807) is 35.7 Å². The Labute approximate surface area is 218 Å². The van der Waals surface area contributed by atoms with E-state index in [1.165, 1.54) is 17.4 Å². The molecular weight excluding hydrogens is 503 g/mol. The van der Waals surface area contributed by atoms with Crippen LogP contribution in [0, 0.1) is 0 Å². The number of benzene rings is 2. The zero-order valence-corrected chi connectivity index (χ0v) is 21.6. The molecule has 36 heavy (non-hydrogen) atoms. The van der Waals surface area contributed by atoms with Gasteiger partial charge in [0.25, 0.3) is 5.91 Å². The zero-order chi connectivity index (χ0) is 25.7. The largest absolute Gasteiger partial charge is 0.416 e. The van der Waals surface area contributed by atoms with Gasteiger partial charge in [0.2, 0.25) is 0 Å². The van der Waals surface area contributed by atoms with Gasteiger partial charge in [-0.1, -0.05) is 55.9 Å². The Bertz CT molecular complexity index is 1220. The molecule has 1 aromatic heterocycles. The van der Waals surface area contributed by atoms with E-state index in [4.69, 9.17) is 12.2 Å². The van der Waals surface area contributed by atoms with Crippen LogP contribution in [0.15, 0.2) is 53.9 Å². The second-order valence-corrected chi connectivity index (χ2v) is 10.3. The summed E-state index contributed by atoms with van der Waals surface area (Å²) in [7, 11) is 0. The van der Waals surface area contributed by atoms with E-state index in [0.717, 1.165) is 67.3 Å². The molecule has 4 rings (SSSR count). The number of thiazole rings is 1. The molecule has 4 nitrogen and oxygen atoms in total. The molecule has 1 saturated heterocycles. The number of amides is 1. The summed E-state index contributed by atoms with van der Waals surface area (Å²) in [6, 6.07) is 11.9. The number of para-hydroxylation sites is 1. The summed E-state index contributed by atoms with van der Waals surface area (Å²) in [6.07, 6.45) is 0.645. The Morgan fingerprint density at radius 1 is 1.17 bits per heavy atom. The molecule has 1 amide bonds. The van der Waals surface area contributed by atoms with E-state index < -0.39 is 11.7 Å². The lowest BCUT2D eigenvalue weighted by Crippen LogP contribution is -2.36. The third-order valence-electron chi connectivity index (χ3n) is 6.37. The number of halogens is 3. The molecule has 3 aromatic rings. The van der Waals surface area contributed by atoms with Gasteiger partial charge >= 0.3 is 6.18 Å². The molecule has 0 aliphatic carbocycles. The van der Waals surface area contributed by atoms with Crippen LogP contribution in [0.25, 0.3) is 11.1 Å². The van der Waals surface area contributed by atoms with Crippen molar-refractivity contribution in [3.8, 4) is 11.1 Å². The Hall–Kier alpha value is -2.78. The highest BCUT2D eigenvalue weighted by molar-refractivity contribution is 7.80. The number of nitrogens with one attached hydrogen (secondary N) is 1. The van der Waals surface area contributed by atoms with Crippen LogP contribution in [-0.2, 0) is 6.18 Å². The number of carbonyl (C=O) groups excluding carboxylic acids is 1. The number of hydrogen-bond donors (Lipinski definition) is 1. The van der Waals surface area contributed by atoms with E-state index in [9.17, 15) is 18.0 Å². The third kappa shape index (κ3) is 6.31. The standard InChI is InChI=1S/C27H28F3N3OS2/c1-2-3-11-24(35)33-14-12-18(13-15-33)26-32-23(17-36-26)25(34)31-22-10-5-4-9-21(22)19-7-6-8-20(16-19)27(28,29)30/h4-10,16-18H,2-3,11-15H2,1H3,(H,31,34). The number of unbranched alkanes of at least 4 members (excludes halogenated alkanes) is 1. The van der Waals surface area contributed by atoms with Crippen LogP contribution in [0.5, 0.6) is 0 Å². The maximum absolute atomic E-state index is 13.2. The van der Waals surface area contributed by atoms with Crippen LogP contribution in [0.3, 0.4) is 0 Å². The number of aromatic nitrogens is 1. The first-order valence-electron chi connectivity index (χ1n) is 12.1. The lowest BCUT2D eigenvalue weighted by atomic mass is 9.97. The van der Waals surface area contributed by atoms with Gasteiger partial charge in [-0.2, -0.15) is 13.2 Å². The molecule has 0 saturated carbocycles. The second kappa shape index (κ2) is 11.5. The number of nitrogens with zero attached hydrogens (tertiary/aromatic N) is 2. The van der Waals surface area contributed by atoms with Crippen LogP contribution in [-0.4, -0.2) is 33.9 Å². The summed E-state index contributed by atoms with van der Waals surface area (Å²) < 4.78 is 39.6. The van der Waals surface area contributed by atoms with Crippen molar-refractivity contribution in [3.05, 3.63) is 70.2 Å². The minimum Gasteiger partial charge on any atom is -0.366 e. The first kappa shape index (κ1) is 26.3. The highest BCUT2D eigenvalue weighted by Gasteiger charge is 2.30. The summed E-state index contributed by atoms with van der Waals surface area (Å²) in [5, 5.41) is 5.52. The lowest BCUT2D eigenvalue weighted by molar-refractivity contribution is -0.137. The molecule has 0 radical (unpaired) electrons. The molecule has 1 fully saturated rings. The summed E-state index contributed by atoms with van der Waals surface area (Å²) in [5.41, 5.74) is 0.907. The minimum atomic E-state index is -4.44. The molecule has 1 aliphatic rings. The van der Waals surface area contributed by atoms with Gasteiger partial charge in [0.1, 0.15) is 5.69 Å². The van der Waals surface area contributed by atoms with Crippen molar-refractivity contribution in [2.24, 2.45) is 0 Å². The molecule has 0 bridgehead atoms. The van der Waals surface area contributed by atoms with Gasteiger partial charge in [0.15, 0.2) is 0 Å². The number of anilines is 1. The van der Waals surface area contributed by atoms with Gasteiger partial charge in [-0.05, 0) is 49.4 Å². The smallest absolute Gasteiger partial charge is 0.366 e. The molecule has 9 heteroatoms. The van der Waals surface area contributed by atoms with Crippen LogP contribution in [0.1, 0.15) is 66.0 Å². The van der Waals surface area contributed by atoms with Crippen LogP contribution in [0.4, 0.5) is 18.9 Å². The van der Waals surface area contributed by atoms with Gasteiger partial charge < -0.3 is 10.2 Å². The van der Waals surface area contributed by atoms with Gasteiger partial charge in [0.05, 0.1) is 15.6 Å². The maximum Gasteiger partial charge on any atom is 0.416 e. The van der Waals surface area contributed by atoms with E-state index in [1.807, 2.05) is 0 Å². The number of piperidine rings is 1. The van der Waals surface area contributed by atoms with Crippen molar-refractivity contribution in [2.75, 3.05) is 18.4 Å². The SMILES string of the molecule is CCCCC(=S)N1CCC(c2nc(C(=O)Nc3ccccc3-c3cccc(C(F)(F)F)c3)cs2)CC1. The Morgan fingerprint density at radius 2 is 1.92 bits per heavy atom. The molecule has 1 aliphatic heterocycles. The van der Waals surface area contributed by atoms with Crippen molar-refractivity contribution >= 4 is 40.1 Å². The molecule has 0 atom stereocenters. The average molecular weight is 532 g/mol. The van der Waals surface area contributed by atoms with E-state index >= 15 is 0 Å². The fourth-order valence-electron chi connectivity index (χ4n) is 4.33. The van der Waals surface area contributed by atoms with Crippen LogP contribution in [0.2, 0.25) is 0 Å². The number of rotatable bonds is 7. The Balaban J connectivity index is 1.43. The summed E-state index contributed by atoms with van der Waals surface area (Å²) in [6.45, 7) is 3.96. The molecule has 190 valence electrons. The van der Waals surface area contributed by atoms with Crippen molar-refractivity contribution in [3.63, 3.8) is 0 Å². The first-order valence-corrected chi connectivity index (χ1v) is 13.4. The van der Waals surface area contributed by atoms with Crippen molar-refractivity contribution < 1.29 is 18.0 Å². The number of thiocarbonyl (C=S) groups is 1. The third-order valence-corrected chi connectivity index (χ3v) is 7.84. The fraction of sp³-hybridized carbons (Fsp3) is 0.370. The number of hydrogen-bond acceptors (Lipinski definition) is 4. The summed E-state index contributed by atoms with van der Waals surface area (Å²) in [5.74, 6) is -0.0886. The average Bonchev–Trinajstić information content (AvgIpc) is 3.38. The Morgan fingerprint density at radius 3 is 2.64 bits per heavy atom.